The maximum Gasteiger partial charge on any atom is 0.225 e. The fourth-order valence-electron chi connectivity index (χ4n) is 2.77. The molecule has 124 valence electrons. The Kier molecular flexibility index (Phi) is 5.11. The molecule has 0 aliphatic carbocycles. The molecule has 5 nitrogen and oxygen atoms in total. The van der Waals surface area contributed by atoms with Crippen molar-refractivity contribution in [3.63, 3.8) is 0 Å². The van der Waals surface area contributed by atoms with Gasteiger partial charge in [-0.2, -0.15) is 0 Å². The Morgan fingerprint density at radius 1 is 1.25 bits per heavy atom. The van der Waals surface area contributed by atoms with E-state index in [2.05, 4.69) is 10.3 Å². The van der Waals surface area contributed by atoms with E-state index in [1.807, 2.05) is 30.3 Å². The first-order valence-corrected chi connectivity index (χ1v) is 8.19. The second-order valence-corrected chi connectivity index (χ2v) is 6.25. The van der Waals surface area contributed by atoms with E-state index in [0.717, 1.165) is 11.1 Å². The molecule has 3 rings (SSSR count). The van der Waals surface area contributed by atoms with Gasteiger partial charge in [0.05, 0.1) is 5.92 Å². The Bertz CT molecular complexity index is 736. The van der Waals surface area contributed by atoms with Crippen molar-refractivity contribution in [1.29, 1.82) is 0 Å². The summed E-state index contributed by atoms with van der Waals surface area (Å²) in [6.45, 7) is 1.30. The van der Waals surface area contributed by atoms with Crippen LogP contribution >= 0.6 is 11.6 Å². The maximum absolute atomic E-state index is 12.3. The van der Waals surface area contributed by atoms with Gasteiger partial charge in [-0.3, -0.25) is 14.6 Å². The monoisotopic (exact) mass is 343 g/mol. The number of nitrogens with zero attached hydrogens (tertiary/aromatic N) is 2. The molecule has 0 saturated carbocycles. The zero-order valence-electron chi connectivity index (χ0n) is 13.1. The van der Waals surface area contributed by atoms with Gasteiger partial charge < -0.3 is 10.2 Å². The lowest BCUT2D eigenvalue weighted by Gasteiger charge is -2.17. The molecule has 1 aromatic heterocycles. The lowest BCUT2D eigenvalue weighted by atomic mass is 10.1. The minimum absolute atomic E-state index is 0.0148. The Balaban J connectivity index is 1.56. The molecule has 0 radical (unpaired) electrons. The first-order chi connectivity index (χ1) is 11.6. The molecule has 1 aliphatic rings. The normalized spacial score (nSPS) is 17.1. The van der Waals surface area contributed by atoms with E-state index in [1.165, 1.54) is 0 Å². The third-order valence-corrected chi connectivity index (χ3v) is 4.49. The van der Waals surface area contributed by atoms with Crippen molar-refractivity contribution in [2.45, 2.75) is 19.5 Å². The van der Waals surface area contributed by atoms with Gasteiger partial charge in [-0.15, -0.1) is 0 Å². The number of aromatic nitrogens is 1. The van der Waals surface area contributed by atoms with Gasteiger partial charge in [0.15, 0.2) is 0 Å². The maximum atomic E-state index is 12.3. The molecule has 24 heavy (non-hydrogen) atoms. The Morgan fingerprint density at radius 2 is 2.00 bits per heavy atom. The second kappa shape index (κ2) is 7.45. The standard InChI is InChI=1S/C18H18ClN3O2/c19-16-4-2-1-3-14(16)11-22-12-15(9-17(22)23)18(24)21-10-13-5-7-20-8-6-13/h1-8,15H,9-12H2,(H,21,24)/t15-/m1/s1. The summed E-state index contributed by atoms with van der Waals surface area (Å²) in [7, 11) is 0. The molecule has 0 spiro atoms. The fraction of sp³-hybridized carbons (Fsp3) is 0.278. The quantitative estimate of drug-likeness (QED) is 0.906. The SMILES string of the molecule is O=C(NCc1ccncc1)[C@@H]1CC(=O)N(Cc2ccccc2Cl)C1. The number of hydrogen-bond acceptors (Lipinski definition) is 3. The predicted molar refractivity (Wildman–Crippen MR) is 91.1 cm³/mol. The lowest BCUT2D eigenvalue weighted by Crippen LogP contribution is -2.32. The van der Waals surface area contributed by atoms with Crippen LogP contribution in [-0.4, -0.2) is 28.2 Å². The molecule has 1 aromatic carbocycles. The summed E-state index contributed by atoms with van der Waals surface area (Å²) in [5, 5.41) is 3.52. The third-order valence-electron chi connectivity index (χ3n) is 4.12. The fourth-order valence-corrected chi connectivity index (χ4v) is 2.96. The van der Waals surface area contributed by atoms with Gasteiger partial charge in [0.1, 0.15) is 0 Å². The second-order valence-electron chi connectivity index (χ2n) is 5.84. The van der Waals surface area contributed by atoms with Gasteiger partial charge in [0.25, 0.3) is 0 Å². The van der Waals surface area contributed by atoms with Crippen molar-refractivity contribution < 1.29 is 9.59 Å². The number of nitrogens with one attached hydrogen (secondary N) is 1. The highest BCUT2D eigenvalue weighted by molar-refractivity contribution is 6.31. The van der Waals surface area contributed by atoms with E-state index in [-0.39, 0.29) is 24.2 Å². The minimum Gasteiger partial charge on any atom is -0.352 e. The molecular formula is C18H18ClN3O2. The minimum atomic E-state index is -0.318. The number of hydrogen-bond donors (Lipinski definition) is 1. The molecule has 2 heterocycles. The van der Waals surface area contributed by atoms with Crippen molar-refractivity contribution >= 4 is 23.4 Å². The summed E-state index contributed by atoms with van der Waals surface area (Å²) in [5.41, 5.74) is 1.88. The van der Waals surface area contributed by atoms with Gasteiger partial charge in [0.2, 0.25) is 11.8 Å². The highest BCUT2D eigenvalue weighted by Crippen LogP contribution is 2.23. The summed E-state index contributed by atoms with van der Waals surface area (Å²) in [5.74, 6) is -0.428. The van der Waals surface area contributed by atoms with Crippen molar-refractivity contribution in [3.8, 4) is 0 Å². The van der Waals surface area contributed by atoms with Crippen molar-refractivity contribution in [2.24, 2.45) is 5.92 Å². The predicted octanol–water partition coefficient (Wildman–Crippen LogP) is 2.40. The summed E-state index contributed by atoms with van der Waals surface area (Å²) in [4.78, 5) is 30.1. The van der Waals surface area contributed by atoms with Crippen LogP contribution in [0.2, 0.25) is 5.02 Å². The molecule has 1 saturated heterocycles. The van der Waals surface area contributed by atoms with Crippen LogP contribution in [0.1, 0.15) is 17.5 Å². The molecule has 6 heteroatoms. The molecule has 0 bridgehead atoms. The van der Waals surface area contributed by atoms with Crippen LogP contribution < -0.4 is 5.32 Å². The zero-order valence-corrected chi connectivity index (χ0v) is 13.9. The summed E-state index contributed by atoms with van der Waals surface area (Å²) >= 11 is 6.14. The van der Waals surface area contributed by atoms with E-state index in [9.17, 15) is 9.59 Å². The van der Waals surface area contributed by atoms with Gasteiger partial charge in [-0.1, -0.05) is 29.8 Å². The summed E-state index contributed by atoms with van der Waals surface area (Å²) < 4.78 is 0. The summed E-state index contributed by atoms with van der Waals surface area (Å²) in [6.07, 6.45) is 3.62. The van der Waals surface area contributed by atoms with Gasteiger partial charge >= 0.3 is 0 Å². The van der Waals surface area contributed by atoms with E-state index in [0.29, 0.717) is 24.7 Å². The number of likely N-dealkylation sites (tertiary alicyclic amines) is 1. The number of rotatable bonds is 5. The van der Waals surface area contributed by atoms with E-state index in [4.69, 9.17) is 11.6 Å². The third kappa shape index (κ3) is 3.92. The number of carbonyl (C=O) groups is 2. The number of amides is 2. The highest BCUT2D eigenvalue weighted by atomic mass is 35.5. The average Bonchev–Trinajstić information content (AvgIpc) is 2.96. The molecule has 1 atom stereocenters. The Hall–Kier alpha value is -2.40. The molecule has 1 aliphatic heterocycles. The first kappa shape index (κ1) is 16.5. The largest absolute Gasteiger partial charge is 0.352 e. The first-order valence-electron chi connectivity index (χ1n) is 7.81. The molecule has 0 unspecified atom stereocenters. The molecular weight excluding hydrogens is 326 g/mol. The van der Waals surface area contributed by atoms with Crippen molar-refractivity contribution in [1.82, 2.24) is 15.2 Å². The van der Waals surface area contributed by atoms with Crippen LogP contribution in [0.25, 0.3) is 0 Å². The number of pyridine rings is 1. The zero-order chi connectivity index (χ0) is 16.9. The van der Waals surface area contributed by atoms with E-state index in [1.54, 1.807) is 23.4 Å². The van der Waals surface area contributed by atoms with Gasteiger partial charge in [-0.05, 0) is 29.3 Å². The molecule has 1 fully saturated rings. The molecule has 2 amide bonds. The smallest absolute Gasteiger partial charge is 0.225 e. The number of carbonyl (C=O) groups excluding carboxylic acids is 2. The van der Waals surface area contributed by atoms with Crippen LogP contribution in [0.5, 0.6) is 0 Å². The van der Waals surface area contributed by atoms with Crippen LogP contribution in [-0.2, 0) is 22.7 Å². The molecule has 1 N–H and O–H groups in total. The van der Waals surface area contributed by atoms with Crippen LogP contribution in [0, 0.1) is 5.92 Å². The topological polar surface area (TPSA) is 62.3 Å². The lowest BCUT2D eigenvalue weighted by molar-refractivity contribution is -0.129. The van der Waals surface area contributed by atoms with E-state index < -0.39 is 0 Å². The van der Waals surface area contributed by atoms with Crippen LogP contribution in [0.4, 0.5) is 0 Å². The van der Waals surface area contributed by atoms with Gasteiger partial charge in [-0.25, -0.2) is 0 Å². The number of benzene rings is 1. The molecule has 2 aromatic rings. The van der Waals surface area contributed by atoms with Crippen LogP contribution in [0.3, 0.4) is 0 Å². The number of halogens is 1. The highest BCUT2D eigenvalue weighted by Gasteiger charge is 2.34. The average molecular weight is 344 g/mol. The van der Waals surface area contributed by atoms with Crippen LogP contribution in [0.15, 0.2) is 48.8 Å². The summed E-state index contributed by atoms with van der Waals surface area (Å²) in [6, 6.07) is 11.1. The van der Waals surface area contributed by atoms with Gasteiger partial charge in [0, 0.05) is 43.5 Å². The van der Waals surface area contributed by atoms with Crippen molar-refractivity contribution in [2.75, 3.05) is 6.54 Å². The Morgan fingerprint density at radius 3 is 2.75 bits per heavy atom. The van der Waals surface area contributed by atoms with Crippen molar-refractivity contribution in [3.05, 3.63) is 64.9 Å². The van der Waals surface area contributed by atoms with E-state index >= 15 is 0 Å². The Labute approximate surface area is 145 Å².